The third kappa shape index (κ3) is 4.33. The lowest BCUT2D eigenvalue weighted by Crippen LogP contribution is -2.43. The molecule has 2 aliphatic heterocycles. The Hall–Kier alpha value is -3.32. The number of hydrogen-bond acceptors (Lipinski definition) is 6. The molecule has 0 atom stereocenters. The third-order valence-corrected chi connectivity index (χ3v) is 6.63. The van der Waals surface area contributed by atoms with Crippen LogP contribution < -0.4 is 14.5 Å². The molecule has 7 nitrogen and oxygen atoms in total. The molecule has 2 aliphatic rings. The van der Waals surface area contributed by atoms with Gasteiger partial charge in [-0.25, -0.2) is 4.90 Å². The van der Waals surface area contributed by atoms with Gasteiger partial charge in [0.1, 0.15) is 11.4 Å². The maximum Gasteiger partial charge on any atom is 0.282 e. The summed E-state index contributed by atoms with van der Waals surface area (Å²) in [6.45, 7) is 1.94. The molecule has 2 aromatic carbocycles. The smallest absolute Gasteiger partial charge is 0.282 e. The molecule has 0 unspecified atom stereocenters. The number of carbonyl (C=O) groups excluding carboxylic acids is 2. The number of ether oxygens (including phenoxy) is 1. The molecule has 4 rings (SSSR count). The van der Waals surface area contributed by atoms with E-state index in [0.717, 1.165) is 37.2 Å². The minimum absolute atomic E-state index is 0.203. The van der Waals surface area contributed by atoms with Gasteiger partial charge in [0.2, 0.25) is 0 Å². The van der Waals surface area contributed by atoms with E-state index < -0.39 is 0 Å². The van der Waals surface area contributed by atoms with E-state index in [-0.39, 0.29) is 17.9 Å². The van der Waals surface area contributed by atoms with E-state index in [4.69, 9.17) is 4.74 Å². The molecule has 174 valence electrons. The first-order valence-electron chi connectivity index (χ1n) is 11.3. The van der Waals surface area contributed by atoms with Crippen LogP contribution in [0.4, 0.5) is 11.4 Å². The highest BCUT2D eigenvalue weighted by Gasteiger charge is 2.43. The number of nitrogens with zero attached hydrogens (tertiary/aromatic N) is 4. The molecule has 0 radical (unpaired) electrons. The standard InChI is InChI=1S/C26H32N4O3/c1-27(2)20-7-6-8-21(17-20)30-25(31)23(18-9-11-22(33-5)12-10-18)24(26(30)32)29(4)19-13-15-28(3)16-14-19/h6-12,17,19H,13-16H2,1-5H3. The lowest BCUT2D eigenvalue weighted by atomic mass is 10.00. The minimum atomic E-state index is -0.296. The van der Waals surface area contributed by atoms with Crippen molar-refractivity contribution in [3.05, 3.63) is 59.8 Å². The summed E-state index contributed by atoms with van der Waals surface area (Å²) in [7, 11) is 9.54. The molecule has 0 spiro atoms. The van der Waals surface area contributed by atoms with Crippen molar-refractivity contribution in [3.8, 4) is 5.75 Å². The molecule has 1 fully saturated rings. The molecular formula is C26H32N4O3. The second-order valence-electron chi connectivity index (χ2n) is 8.96. The highest BCUT2D eigenvalue weighted by molar-refractivity contribution is 6.45. The van der Waals surface area contributed by atoms with Crippen LogP contribution in [0.5, 0.6) is 5.75 Å². The van der Waals surface area contributed by atoms with Crippen LogP contribution in [0.3, 0.4) is 0 Å². The topological polar surface area (TPSA) is 56.3 Å². The average molecular weight is 449 g/mol. The van der Waals surface area contributed by atoms with Crippen LogP contribution in [0.2, 0.25) is 0 Å². The predicted octanol–water partition coefficient (Wildman–Crippen LogP) is 3.07. The molecule has 1 saturated heterocycles. The highest BCUT2D eigenvalue weighted by Crippen LogP contribution is 2.37. The third-order valence-electron chi connectivity index (χ3n) is 6.63. The Labute approximate surface area is 195 Å². The van der Waals surface area contributed by atoms with Gasteiger partial charge in [-0.3, -0.25) is 9.59 Å². The van der Waals surface area contributed by atoms with Gasteiger partial charge in [0.15, 0.2) is 0 Å². The molecule has 0 saturated carbocycles. The summed E-state index contributed by atoms with van der Waals surface area (Å²) >= 11 is 0. The van der Waals surface area contributed by atoms with Crippen LogP contribution in [-0.2, 0) is 9.59 Å². The number of likely N-dealkylation sites (tertiary alicyclic amines) is 1. The van der Waals surface area contributed by atoms with E-state index in [0.29, 0.717) is 22.7 Å². The lowest BCUT2D eigenvalue weighted by Gasteiger charge is -2.36. The fourth-order valence-corrected chi connectivity index (χ4v) is 4.57. The van der Waals surface area contributed by atoms with E-state index in [1.807, 2.05) is 79.5 Å². The van der Waals surface area contributed by atoms with Crippen molar-refractivity contribution in [2.45, 2.75) is 18.9 Å². The van der Waals surface area contributed by atoms with Gasteiger partial charge >= 0.3 is 0 Å². The number of hydrogen-bond donors (Lipinski definition) is 0. The number of rotatable bonds is 6. The molecule has 2 aromatic rings. The van der Waals surface area contributed by atoms with Gasteiger partial charge in [-0.2, -0.15) is 0 Å². The fourth-order valence-electron chi connectivity index (χ4n) is 4.57. The Balaban J connectivity index is 1.78. The second-order valence-corrected chi connectivity index (χ2v) is 8.96. The Morgan fingerprint density at radius 2 is 1.61 bits per heavy atom. The zero-order chi connectivity index (χ0) is 23.7. The number of likely N-dealkylation sites (N-methyl/N-ethyl adjacent to an activating group) is 1. The highest BCUT2D eigenvalue weighted by atomic mass is 16.5. The molecule has 33 heavy (non-hydrogen) atoms. The number of piperidine rings is 1. The van der Waals surface area contributed by atoms with Gasteiger partial charge in [-0.05, 0) is 68.9 Å². The summed E-state index contributed by atoms with van der Waals surface area (Å²) in [6.07, 6.45) is 1.90. The summed E-state index contributed by atoms with van der Waals surface area (Å²) in [6, 6.07) is 15.1. The predicted molar refractivity (Wildman–Crippen MR) is 131 cm³/mol. The SMILES string of the molecule is COc1ccc(C2=C(N(C)C3CCN(C)CC3)C(=O)N(c3cccc(N(C)C)c3)C2=O)cc1. The van der Waals surface area contributed by atoms with Crippen LogP contribution in [0, 0.1) is 0 Å². The van der Waals surface area contributed by atoms with E-state index in [2.05, 4.69) is 11.9 Å². The molecule has 0 N–H and O–H groups in total. The van der Waals surface area contributed by atoms with Crippen LogP contribution in [-0.4, -0.2) is 76.0 Å². The molecule has 0 bridgehead atoms. The van der Waals surface area contributed by atoms with Gasteiger partial charge < -0.3 is 19.4 Å². The largest absolute Gasteiger partial charge is 0.497 e. The maximum atomic E-state index is 13.8. The normalized spacial score (nSPS) is 17.7. The second kappa shape index (κ2) is 9.27. The maximum absolute atomic E-state index is 13.8. The molecule has 7 heteroatoms. The van der Waals surface area contributed by atoms with Crippen LogP contribution in [0.1, 0.15) is 18.4 Å². The quantitative estimate of drug-likeness (QED) is 0.633. The number of methoxy groups -OCH3 is 1. The summed E-state index contributed by atoms with van der Waals surface area (Å²) in [5.41, 5.74) is 3.13. The molecule has 2 heterocycles. The first-order valence-corrected chi connectivity index (χ1v) is 11.3. The summed E-state index contributed by atoms with van der Waals surface area (Å²) in [5, 5.41) is 0. The summed E-state index contributed by atoms with van der Waals surface area (Å²) in [5.74, 6) is 0.135. The van der Waals surface area contributed by atoms with E-state index >= 15 is 0 Å². The molecule has 2 amide bonds. The van der Waals surface area contributed by atoms with Crippen molar-refractivity contribution in [2.75, 3.05) is 58.2 Å². The summed E-state index contributed by atoms with van der Waals surface area (Å²) in [4.78, 5) is 35.2. The van der Waals surface area contributed by atoms with Crippen molar-refractivity contribution in [1.82, 2.24) is 9.80 Å². The Bertz CT molecular complexity index is 1070. The van der Waals surface area contributed by atoms with Crippen LogP contribution in [0.15, 0.2) is 54.2 Å². The van der Waals surface area contributed by atoms with Gasteiger partial charge in [-0.1, -0.05) is 18.2 Å². The van der Waals surface area contributed by atoms with Crippen molar-refractivity contribution in [2.24, 2.45) is 0 Å². The van der Waals surface area contributed by atoms with Crippen molar-refractivity contribution in [3.63, 3.8) is 0 Å². The van der Waals surface area contributed by atoms with E-state index in [9.17, 15) is 9.59 Å². The zero-order valence-electron chi connectivity index (χ0n) is 20.0. The van der Waals surface area contributed by atoms with Crippen molar-refractivity contribution >= 4 is 28.8 Å². The monoisotopic (exact) mass is 448 g/mol. The van der Waals surface area contributed by atoms with Gasteiger partial charge in [0.05, 0.1) is 18.4 Å². The van der Waals surface area contributed by atoms with E-state index in [1.165, 1.54) is 4.90 Å². The van der Waals surface area contributed by atoms with Gasteiger partial charge in [0, 0.05) is 32.9 Å². The van der Waals surface area contributed by atoms with Gasteiger partial charge in [0.25, 0.3) is 11.8 Å². The molecular weight excluding hydrogens is 416 g/mol. The van der Waals surface area contributed by atoms with Crippen molar-refractivity contribution in [1.29, 1.82) is 0 Å². The lowest BCUT2D eigenvalue weighted by molar-refractivity contribution is -0.120. The Morgan fingerprint density at radius 3 is 2.21 bits per heavy atom. The Morgan fingerprint density at radius 1 is 0.939 bits per heavy atom. The first kappa shape index (κ1) is 22.9. The van der Waals surface area contributed by atoms with Gasteiger partial charge in [-0.15, -0.1) is 0 Å². The first-order chi connectivity index (χ1) is 15.8. The fraction of sp³-hybridized carbons (Fsp3) is 0.385. The van der Waals surface area contributed by atoms with Crippen molar-refractivity contribution < 1.29 is 14.3 Å². The number of anilines is 2. The summed E-state index contributed by atoms with van der Waals surface area (Å²) < 4.78 is 5.29. The number of carbonyl (C=O) groups is 2. The van der Waals surface area contributed by atoms with Crippen LogP contribution in [0.25, 0.3) is 5.57 Å². The molecule has 0 aromatic heterocycles. The van der Waals surface area contributed by atoms with E-state index in [1.54, 1.807) is 7.11 Å². The number of imide groups is 1. The Kier molecular flexibility index (Phi) is 6.42. The minimum Gasteiger partial charge on any atom is -0.497 e. The molecule has 0 aliphatic carbocycles. The average Bonchev–Trinajstić information content (AvgIpc) is 3.09. The number of benzene rings is 2. The zero-order valence-corrected chi connectivity index (χ0v) is 20.0. The van der Waals surface area contributed by atoms with Crippen LogP contribution >= 0.6 is 0 Å². The number of amides is 2.